The summed E-state index contributed by atoms with van der Waals surface area (Å²) in [5, 5.41) is 7.18. The van der Waals surface area contributed by atoms with E-state index in [1.165, 1.54) is 31.6 Å². The zero-order valence-corrected chi connectivity index (χ0v) is 15.6. The number of hydrogen-bond donors (Lipinski definition) is 1. The van der Waals surface area contributed by atoms with Crippen molar-refractivity contribution in [3.05, 3.63) is 48.9 Å². The van der Waals surface area contributed by atoms with Crippen molar-refractivity contribution >= 4 is 6.03 Å². The molecule has 3 aromatic heterocycles. The van der Waals surface area contributed by atoms with Gasteiger partial charge in [-0.05, 0) is 12.3 Å². The van der Waals surface area contributed by atoms with Gasteiger partial charge in [0.25, 0.3) is 0 Å². The average molecular weight is 373 g/mol. The van der Waals surface area contributed by atoms with Gasteiger partial charge >= 0.3 is 6.03 Å². The standard InChI is InChI=1S/C17H23N7O3/c1-12(2)4-15(16-18-9-21-23(16)3)22-17(25)24(5-13-7-26-10-19-13)6-14-8-27-11-20-14/h7-12,15H,4-6H2,1-3H3,(H,22,25)/t15-/m1/s1. The second kappa shape index (κ2) is 8.47. The van der Waals surface area contributed by atoms with Crippen molar-refractivity contribution < 1.29 is 13.6 Å². The summed E-state index contributed by atoms with van der Waals surface area (Å²) in [6, 6.07) is -0.517. The fourth-order valence-electron chi connectivity index (χ4n) is 2.78. The fourth-order valence-corrected chi connectivity index (χ4v) is 2.78. The summed E-state index contributed by atoms with van der Waals surface area (Å²) in [4.78, 5) is 27.1. The predicted molar refractivity (Wildman–Crippen MR) is 94.0 cm³/mol. The number of oxazole rings is 2. The van der Waals surface area contributed by atoms with Crippen LogP contribution in [0.2, 0.25) is 0 Å². The summed E-state index contributed by atoms with van der Waals surface area (Å²) >= 11 is 0. The number of amides is 2. The Bertz CT molecular complexity index is 790. The van der Waals surface area contributed by atoms with Crippen LogP contribution in [-0.4, -0.2) is 35.7 Å². The van der Waals surface area contributed by atoms with Crippen LogP contribution in [0.1, 0.15) is 43.5 Å². The van der Waals surface area contributed by atoms with Gasteiger partial charge in [-0.2, -0.15) is 5.10 Å². The third-order valence-corrected chi connectivity index (χ3v) is 4.02. The molecule has 0 aromatic carbocycles. The van der Waals surface area contributed by atoms with Crippen LogP contribution in [0.15, 0.2) is 40.5 Å². The quantitative estimate of drug-likeness (QED) is 0.644. The maximum Gasteiger partial charge on any atom is 0.318 e. The summed E-state index contributed by atoms with van der Waals surface area (Å²) in [7, 11) is 1.81. The molecule has 0 aliphatic rings. The smallest absolute Gasteiger partial charge is 0.318 e. The van der Waals surface area contributed by atoms with Gasteiger partial charge in [-0.15, -0.1) is 0 Å². The van der Waals surface area contributed by atoms with Crippen LogP contribution in [0.5, 0.6) is 0 Å². The number of rotatable bonds is 8. The lowest BCUT2D eigenvalue weighted by molar-refractivity contribution is 0.184. The first kappa shape index (κ1) is 18.6. The molecule has 0 radical (unpaired) electrons. The highest BCUT2D eigenvalue weighted by molar-refractivity contribution is 5.74. The van der Waals surface area contributed by atoms with E-state index in [4.69, 9.17) is 8.83 Å². The molecule has 10 nitrogen and oxygen atoms in total. The van der Waals surface area contributed by atoms with Crippen LogP contribution in [0.4, 0.5) is 4.79 Å². The van der Waals surface area contributed by atoms with E-state index in [0.29, 0.717) is 23.1 Å². The van der Waals surface area contributed by atoms with Crippen molar-refractivity contribution in [3.8, 4) is 0 Å². The Balaban J connectivity index is 1.77. The molecular formula is C17H23N7O3. The van der Waals surface area contributed by atoms with Crippen LogP contribution in [-0.2, 0) is 20.1 Å². The molecule has 27 heavy (non-hydrogen) atoms. The third kappa shape index (κ3) is 4.93. The zero-order valence-electron chi connectivity index (χ0n) is 15.6. The van der Waals surface area contributed by atoms with Crippen molar-refractivity contribution in [1.29, 1.82) is 0 Å². The Kier molecular flexibility index (Phi) is 5.84. The van der Waals surface area contributed by atoms with Gasteiger partial charge in [0.1, 0.15) is 24.7 Å². The van der Waals surface area contributed by atoms with Gasteiger partial charge in [-0.3, -0.25) is 4.68 Å². The van der Waals surface area contributed by atoms with Crippen LogP contribution in [0.3, 0.4) is 0 Å². The molecule has 0 bridgehead atoms. The zero-order chi connectivity index (χ0) is 19.2. The molecule has 10 heteroatoms. The van der Waals surface area contributed by atoms with E-state index >= 15 is 0 Å². The van der Waals surface area contributed by atoms with Gasteiger partial charge in [-0.1, -0.05) is 13.8 Å². The van der Waals surface area contributed by atoms with Gasteiger partial charge < -0.3 is 19.1 Å². The number of urea groups is 1. The summed E-state index contributed by atoms with van der Waals surface area (Å²) < 4.78 is 11.7. The van der Waals surface area contributed by atoms with E-state index in [-0.39, 0.29) is 25.2 Å². The second-order valence-electron chi connectivity index (χ2n) is 6.69. The fraction of sp³-hybridized carbons (Fsp3) is 0.471. The monoisotopic (exact) mass is 373 g/mol. The highest BCUT2D eigenvalue weighted by Gasteiger charge is 2.24. The molecule has 0 saturated heterocycles. The molecule has 3 heterocycles. The van der Waals surface area contributed by atoms with Crippen molar-refractivity contribution in [2.45, 2.75) is 39.4 Å². The number of aryl methyl sites for hydroxylation is 1. The van der Waals surface area contributed by atoms with Crippen molar-refractivity contribution in [3.63, 3.8) is 0 Å². The molecule has 0 unspecified atom stereocenters. The molecule has 1 atom stereocenters. The van der Waals surface area contributed by atoms with E-state index < -0.39 is 0 Å². The Labute approximate surface area is 156 Å². The minimum Gasteiger partial charge on any atom is -0.451 e. The van der Waals surface area contributed by atoms with E-state index in [9.17, 15) is 4.79 Å². The van der Waals surface area contributed by atoms with Gasteiger partial charge in [0.05, 0.1) is 30.5 Å². The lowest BCUT2D eigenvalue weighted by Crippen LogP contribution is -2.42. The molecule has 0 aliphatic carbocycles. The number of aromatic nitrogens is 5. The Hall–Kier alpha value is -3.17. The highest BCUT2D eigenvalue weighted by atomic mass is 16.3. The molecule has 3 rings (SSSR count). The third-order valence-electron chi connectivity index (χ3n) is 4.02. The van der Waals surface area contributed by atoms with E-state index in [0.717, 1.165) is 6.42 Å². The van der Waals surface area contributed by atoms with Crippen LogP contribution in [0, 0.1) is 5.92 Å². The van der Waals surface area contributed by atoms with Crippen molar-refractivity contribution in [2.75, 3.05) is 0 Å². The lowest BCUT2D eigenvalue weighted by Gasteiger charge is -2.26. The van der Waals surface area contributed by atoms with Crippen LogP contribution >= 0.6 is 0 Å². The number of nitrogens with one attached hydrogen (secondary N) is 1. The SMILES string of the molecule is CC(C)C[C@@H](NC(=O)N(Cc1cocn1)Cc1cocn1)c1ncnn1C. The van der Waals surface area contributed by atoms with E-state index in [2.05, 4.69) is 39.2 Å². The number of hydrogen-bond acceptors (Lipinski definition) is 7. The first-order valence-electron chi connectivity index (χ1n) is 8.66. The largest absolute Gasteiger partial charge is 0.451 e. The molecular weight excluding hydrogens is 350 g/mol. The lowest BCUT2D eigenvalue weighted by atomic mass is 10.0. The van der Waals surface area contributed by atoms with Crippen molar-refractivity contribution in [2.24, 2.45) is 13.0 Å². The minimum absolute atomic E-state index is 0.255. The molecule has 0 aliphatic heterocycles. The predicted octanol–water partition coefficient (Wildman–Crippen LogP) is 2.29. The van der Waals surface area contributed by atoms with Crippen LogP contribution in [0.25, 0.3) is 0 Å². The Morgan fingerprint density at radius 3 is 2.22 bits per heavy atom. The van der Waals surface area contributed by atoms with Gasteiger partial charge in [0.15, 0.2) is 12.8 Å². The Morgan fingerprint density at radius 2 is 1.78 bits per heavy atom. The summed E-state index contributed by atoms with van der Waals surface area (Å²) in [5.41, 5.74) is 1.29. The molecule has 144 valence electrons. The molecule has 0 saturated carbocycles. The average Bonchev–Trinajstić information content (AvgIpc) is 3.36. The van der Waals surface area contributed by atoms with Crippen LogP contribution < -0.4 is 5.32 Å². The maximum atomic E-state index is 13.0. The Morgan fingerprint density at radius 1 is 1.15 bits per heavy atom. The number of nitrogens with zero attached hydrogens (tertiary/aromatic N) is 6. The summed E-state index contributed by atoms with van der Waals surface area (Å²) in [5.74, 6) is 1.08. The molecule has 2 amide bonds. The van der Waals surface area contributed by atoms with E-state index in [1.54, 1.807) is 9.58 Å². The molecule has 0 fully saturated rings. The maximum absolute atomic E-state index is 13.0. The summed E-state index contributed by atoms with van der Waals surface area (Å²) in [6.45, 7) is 4.75. The first-order valence-corrected chi connectivity index (χ1v) is 8.66. The highest BCUT2D eigenvalue weighted by Crippen LogP contribution is 2.20. The van der Waals surface area contributed by atoms with Gasteiger partial charge in [-0.25, -0.2) is 19.7 Å². The summed E-state index contributed by atoms with van der Waals surface area (Å²) in [6.07, 6.45) is 7.91. The van der Waals surface area contributed by atoms with E-state index in [1.807, 2.05) is 7.05 Å². The molecule has 0 spiro atoms. The normalized spacial score (nSPS) is 12.3. The van der Waals surface area contributed by atoms with Gasteiger partial charge in [0.2, 0.25) is 0 Å². The van der Waals surface area contributed by atoms with Gasteiger partial charge in [0, 0.05) is 7.05 Å². The second-order valence-corrected chi connectivity index (χ2v) is 6.69. The first-order chi connectivity index (χ1) is 13.0. The number of carbonyl (C=O) groups excluding carboxylic acids is 1. The minimum atomic E-state index is -0.262. The van der Waals surface area contributed by atoms with Crippen molar-refractivity contribution in [1.82, 2.24) is 34.9 Å². The number of carbonyl (C=O) groups is 1. The molecule has 3 aromatic rings. The molecule has 1 N–H and O–H groups in total. The topological polar surface area (TPSA) is 115 Å².